The molecule has 0 fully saturated rings. The van der Waals surface area contributed by atoms with E-state index in [1.807, 2.05) is 0 Å². The highest BCUT2D eigenvalue weighted by Gasteiger charge is 2.14. The van der Waals surface area contributed by atoms with Gasteiger partial charge in [-0.15, -0.1) is 0 Å². The molecule has 2 rings (SSSR count). The number of halogens is 3. The fourth-order valence-electron chi connectivity index (χ4n) is 1.50. The van der Waals surface area contributed by atoms with Gasteiger partial charge in [-0.05, 0) is 36.4 Å². The number of benzene rings is 2. The maximum Gasteiger partial charge on any atom is 0.258 e. The monoisotopic (exact) mass is 326 g/mol. The summed E-state index contributed by atoms with van der Waals surface area (Å²) >= 11 is 3.09. The number of anilines is 2. The Morgan fingerprint density at radius 3 is 2.47 bits per heavy atom. The number of nitrogen functional groups attached to an aromatic ring is 1. The van der Waals surface area contributed by atoms with Crippen molar-refractivity contribution in [1.29, 1.82) is 0 Å². The van der Waals surface area contributed by atoms with Gasteiger partial charge >= 0.3 is 0 Å². The van der Waals surface area contributed by atoms with Crippen molar-refractivity contribution >= 4 is 33.2 Å². The predicted molar refractivity (Wildman–Crippen MR) is 72.9 cm³/mol. The first-order valence-corrected chi connectivity index (χ1v) is 6.08. The van der Waals surface area contributed by atoms with Crippen LogP contribution in [-0.2, 0) is 0 Å². The van der Waals surface area contributed by atoms with Crippen LogP contribution in [0, 0.1) is 11.6 Å². The van der Waals surface area contributed by atoms with Crippen LogP contribution < -0.4 is 11.1 Å². The molecule has 98 valence electrons. The standard InChI is InChI=1S/C13H9BrF2N2O/c14-7-1-3-9(10(15)5-7)13(19)18-12-4-2-8(17)6-11(12)16/h1-6H,17H2,(H,18,19). The molecule has 2 aromatic carbocycles. The minimum Gasteiger partial charge on any atom is -0.399 e. The van der Waals surface area contributed by atoms with Gasteiger partial charge in [0.05, 0.1) is 11.3 Å². The SMILES string of the molecule is Nc1ccc(NC(=O)c2ccc(Br)cc2F)c(F)c1. The number of rotatable bonds is 2. The van der Waals surface area contributed by atoms with Crippen LogP contribution in [0.5, 0.6) is 0 Å². The highest BCUT2D eigenvalue weighted by Crippen LogP contribution is 2.20. The summed E-state index contributed by atoms with van der Waals surface area (Å²) in [5, 5.41) is 2.29. The second-order valence-corrected chi connectivity index (χ2v) is 4.73. The summed E-state index contributed by atoms with van der Waals surface area (Å²) in [5.74, 6) is -2.10. The lowest BCUT2D eigenvalue weighted by atomic mass is 10.2. The molecule has 19 heavy (non-hydrogen) atoms. The summed E-state index contributed by atoms with van der Waals surface area (Å²) in [5.41, 5.74) is 5.41. The number of hydrogen-bond donors (Lipinski definition) is 2. The quantitative estimate of drug-likeness (QED) is 0.829. The number of carbonyl (C=O) groups is 1. The van der Waals surface area contributed by atoms with Crippen LogP contribution >= 0.6 is 15.9 Å². The van der Waals surface area contributed by atoms with Crippen molar-refractivity contribution in [2.75, 3.05) is 11.1 Å². The van der Waals surface area contributed by atoms with Gasteiger partial charge in [0.2, 0.25) is 0 Å². The zero-order chi connectivity index (χ0) is 14.0. The molecule has 3 nitrogen and oxygen atoms in total. The molecule has 6 heteroatoms. The van der Waals surface area contributed by atoms with E-state index in [9.17, 15) is 13.6 Å². The second-order valence-electron chi connectivity index (χ2n) is 3.82. The van der Waals surface area contributed by atoms with Crippen molar-refractivity contribution < 1.29 is 13.6 Å². The fourth-order valence-corrected chi connectivity index (χ4v) is 1.83. The van der Waals surface area contributed by atoms with Crippen LogP contribution in [-0.4, -0.2) is 5.91 Å². The van der Waals surface area contributed by atoms with Crippen molar-refractivity contribution in [2.45, 2.75) is 0 Å². The highest BCUT2D eigenvalue weighted by atomic mass is 79.9. The molecule has 0 aliphatic heterocycles. The molecule has 0 spiro atoms. The molecule has 0 aliphatic rings. The Labute approximate surface area is 116 Å². The van der Waals surface area contributed by atoms with Gasteiger partial charge in [0, 0.05) is 10.2 Å². The van der Waals surface area contributed by atoms with Crippen LogP contribution in [0.2, 0.25) is 0 Å². The molecule has 1 amide bonds. The molecule has 0 saturated carbocycles. The predicted octanol–water partition coefficient (Wildman–Crippen LogP) is 3.56. The molecule has 2 aromatic rings. The second kappa shape index (κ2) is 5.36. The zero-order valence-corrected chi connectivity index (χ0v) is 11.2. The largest absolute Gasteiger partial charge is 0.399 e. The van der Waals surface area contributed by atoms with Gasteiger partial charge in [-0.1, -0.05) is 15.9 Å². The normalized spacial score (nSPS) is 10.3. The molecular formula is C13H9BrF2N2O. The van der Waals surface area contributed by atoms with E-state index >= 15 is 0 Å². The molecule has 0 aromatic heterocycles. The molecule has 0 bridgehead atoms. The Morgan fingerprint density at radius 2 is 1.84 bits per heavy atom. The van der Waals surface area contributed by atoms with Crippen LogP contribution in [0.4, 0.5) is 20.2 Å². The van der Waals surface area contributed by atoms with E-state index in [-0.39, 0.29) is 16.9 Å². The third-order valence-corrected chi connectivity index (χ3v) is 2.91. The summed E-state index contributed by atoms with van der Waals surface area (Å²) in [4.78, 5) is 11.8. The van der Waals surface area contributed by atoms with E-state index in [1.54, 1.807) is 0 Å². The molecular weight excluding hydrogens is 318 g/mol. The maximum absolute atomic E-state index is 13.6. The van der Waals surface area contributed by atoms with Crippen molar-refractivity contribution in [1.82, 2.24) is 0 Å². The first-order valence-electron chi connectivity index (χ1n) is 5.29. The van der Waals surface area contributed by atoms with Gasteiger partial charge < -0.3 is 11.1 Å². The fraction of sp³-hybridized carbons (Fsp3) is 0. The van der Waals surface area contributed by atoms with Gasteiger partial charge in [0.15, 0.2) is 0 Å². The average molecular weight is 327 g/mol. The third kappa shape index (κ3) is 3.08. The molecule has 0 unspecified atom stereocenters. The Balaban J connectivity index is 2.25. The summed E-state index contributed by atoms with van der Waals surface area (Å²) in [6, 6.07) is 7.83. The summed E-state index contributed by atoms with van der Waals surface area (Å²) < 4.78 is 27.6. The Bertz CT molecular complexity index is 647. The Morgan fingerprint density at radius 1 is 1.11 bits per heavy atom. The minimum atomic E-state index is -0.728. The van der Waals surface area contributed by atoms with Crippen molar-refractivity contribution in [3.63, 3.8) is 0 Å². The Kier molecular flexibility index (Phi) is 3.80. The molecule has 3 N–H and O–H groups in total. The highest BCUT2D eigenvalue weighted by molar-refractivity contribution is 9.10. The first kappa shape index (κ1) is 13.5. The van der Waals surface area contributed by atoms with E-state index in [4.69, 9.17) is 5.73 Å². The summed E-state index contributed by atoms with van der Waals surface area (Å²) in [6.07, 6.45) is 0. The molecule has 0 saturated heterocycles. The lowest BCUT2D eigenvalue weighted by Crippen LogP contribution is -2.14. The minimum absolute atomic E-state index is 0.0541. The average Bonchev–Trinajstić information content (AvgIpc) is 2.32. The van der Waals surface area contributed by atoms with Crippen molar-refractivity contribution in [2.24, 2.45) is 0 Å². The van der Waals surface area contributed by atoms with Gasteiger partial charge in [-0.3, -0.25) is 4.79 Å². The van der Waals surface area contributed by atoms with Crippen LogP contribution in [0.15, 0.2) is 40.9 Å². The van der Waals surface area contributed by atoms with Crippen LogP contribution in [0.3, 0.4) is 0 Å². The van der Waals surface area contributed by atoms with E-state index in [1.165, 1.54) is 24.3 Å². The maximum atomic E-state index is 13.6. The van der Waals surface area contributed by atoms with Crippen LogP contribution in [0.1, 0.15) is 10.4 Å². The smallest absolute Gasteiger partial charge is 0.258 e. The van der Waals surface area contributed by atoms with Crippen LogP contribution in [0.25, 0.3) is 0 Å². The van der Waals surface area contributed by atoms with Gasteiger partial charge in [0.1, 0.15) is 11.6 Å². The number of nitrogens with two attached hydrogens (primary N) is 1. The summed E-state index contributed by atoms with van der Waals surface area (Å²) in [6.45, 7) is 0. The van der Waals surface area contributed by atoms with Crippen molar-refractivity contribution in [3.8, 4) is 0 Å². The van der Waals surface area contributed by atoms with E-state index in [0.29, 0.717) is 4.47 Å². The molecule has 0 aliphatic carbocycles. The van der Waals surface area contributed by atoms with Gasteiger partial charge in [-0.2, -0.15) is 0 Å². The lowest BCUT2D eigenvalue weighted by Gasteiger charge is -2.08. The molecule has 0 atom stereocenters. The Hall–Kier alpha value is -1.95. The van der Waals surface area contributed by atoms with Gasteiger partial charge in [0.25, 0.3) is 5.91 Å². The molecule has 0 heterocycles. The lowest BCUT2D eigenvalue weighted by molar-refractivity contribution is 0.102. The first-order chi connectivity index (χ1) is 8.97. The van der Waals surface area contributed by atoms with Gasteiger partial charge in [-0.25, -0.2) is 8.78 Å². The molecule has 0 radical (unpaired) electrons. The number of carbonyl (C=O) groups excluding carboxylic acids is 1. The van der Waals surface area contributed by atoms with E-state index < -0.39 is 17.5 Å². The zero-order valence-electron chi connectivity index (χ0n) is 9.58. The topological polar surface area (TPSA) is 55.1 Å². The van der Waals surface area contributed by atoms with E-state index in [2.05, 4.69) is 21.2 Å². The van der Waals surface area contributed by atoms with E-state index in [0.717, 1.165) is 12.1 Å². The van der Waals surface area contributed by atoms with Crippen molar-refractivity contribution in [3.05, 3.63) is 58.1 Å². The number of nitrogens with one attached hydrogen (secondary N) is 1. The summed E-state index contributed by atoms with van der Waals surface area (Å²) in [7, 11) is 0. The number of hydrogen-bond acceptors (Lipinski definition) is 2. The number of amides is 1. The third-order valence-electron chi connectivity index (χ3n) is 2.42.